The average Bonchev–Trinajstić information content (AvgIpc) is 2.63. The van der Waals surface area contributed by atoms with Gasteiger partial charge in [0.2, 0.25) is 0 Å². The smallest absolute Gasteiger partial charge is 0.138 e. The summed E-state index contributed by atoms with van der Waals surface area (Å²) < 4.78 is 0. The van der Waals surface area contributed by atoms with Gasteiger partial charge in [-0.1, -0.05) is 13.8 Å². The molecule has 1 rings (SSSR count). The third-order valence-electron chi connectivity index (χ3n) is 2.26. The Labute approximate surface area is 85.5 Å². The molecule has 0 aliphatic heterocycles. The molecule has 0 aromatic carbocycles. The summed E-state index contributed by atoms with van der Waals surface area (Å²) in [5.74, 6) is 1.69. The van der Waals surface area contributed by atoms with Crippen LogP contribution in [0.5, 0.6) is 0 Å². The maximum absolute atomic E-state index is 4.05. The predicted molar refractivity (Wildman–Crippen MR) is 56.8 cm³/mol. The van der Waals surface area contributed by atoms with E-state index < -0.39 is 0 Å². The first-order valence-electron chi connectivity index (χ1n) is 5.26. The first-order valence-corrected chi connectivity index (χ1v) is 5.26. The topological polar surface area (TPSA) is 53.6 Å². The van der Waals surface area contributed by atoms with Gasteiger partial charge in [-0.15, -0.1) is 0 Å². The molecule has 0 aliphatic rings. The van der Waals surface area contributed by atoms with Crippen LogP contribution in [0.4, 0.5) is 0 Å². The lowest BCUT2D eigenvalue weighted by atomic mass is 10.0. The van der Waals surface area contributed by atoms with E-state index in [0.717, 1.165) is 18.3 Å². The zero-order valence-electron chi connectivity index (χ0n) is 9.25. The van der Waals surface area contributed by atoms with Crippen molar-refractivity contribution in [2.75, 3.05) is 0 Å². The molecule has 0 bridgehead atoms. The summed E-state index contributed by atoms with van der Waals surface area (Å²) in [7, 11) is 0. The molecule has 0 aliphatic carbocycles. The molecule has 0 saturated carbocycles. The Hall–Kier alpha value is -0.900. The van der Waals surface area contributed by atoms with Gasteiger partial charge in [-0.25, -0.2) is 4.98 Å². The summed E-state index contributed by atoms with van der Waals surface area (Å²) >= 11 is 0. The number of H-pyrrole nitrogens is 1. The minimum atomic E-state index is 0.544. The fourth-order valence-electron chi connectivity index (χ4n) is 1.27. The van der Waals surface area contributed by atoms with Crippen LogP contribution in [-0.4, -0.2) is 21.2 Å². The minimum Gasteiger partial charge on any atom is -0.307 e. The van der Waals surface area contributed by atoms with Crippen molar-refractivity contribution in [3.05, 3.63) is 12.2 Å². The van der Waals surface area contributed by atoms with Crippen molar-refractivity contribution < 1.29 is 0 Å². The van der Waals surface area contributed by atoms with Crippen LogP contribution < -0.4 is 5.32 Å². The number of nitrogens with zero attached hydrogens (tertiary/aromatic N) is 2. The zero-order valence-corrected chi connectivity index (χ0v) is 9.25. The van der Waals surface area contributed by atoms with E-state index in [2.05, 4.69) is 41.3 Å². The van der Waals surface area contributed by atoms with Crippen molar-refractivity contribution in [2.45, 2.75) is 46.2 Å². The maximum Gasteiger partial charge on any atom is 0.138 e. The molecule has 2 N–H and O–H groups in total. The van der Waals surface area contributed by atoms with Gasteiger partial charge in [0.25, 0.3) is 0 Å². The molecule has 80 valence electrons. The highest BCUT2D eigenvalue weighted by Gasteiger charge is 2.03. The number of nitrogens with one attached hydrogen (secondary N) is 2. The van der Waals surface area contributed by atoms with E-state index >= 15 is 0 Å². The molecule has 0 radical (unpaired) electrons. The van der Waals surface area contributed by atoms with Crippen LogP contribution in [-0.2, 0) is 6.54 Å². The van der Waals surface area contributed by atoms with Crippen molar-refractivity contribution >= 4 is 0 Å². The number of rotatable bonds is 6. The largest absolute Gasteiger partial charge is 0.307 e. The molecule has 4 nitrogen and oxygen atoms in total. The van der Waals surface area contributed by atoms with Gasteiger partial charge in [0.05, 0.1) is 6.54 Å². The molecule has 1 aromatic heterocycles. The molecular formula is C10H20N4. The highest BCUT2D eigenvalue weighted by Crippen LogP contribution is 2.06. The summed E-state index contributed by atoms with van der Waals surface area (Å²) in [5, 5.41) is 10.0. The second kappa shape index (κ2) is 5.75. The van der Waals surface area contributed by atoms with Gasteiger partial charge >= 0.3 is 0 Å². The van der Waals surface area contributed by atoms with E-state index in [4.69, 9.17) is 0 Å². The molecule has 1 unspecified atom stereocenters. The summed E-state index contributed by atoms with van der Waals surface area (Å²) in [5.41, 5.74) is 0. The van der Waals surface area contributed by atoms with E-state index in [0.29, 0.717) is 6.04 Å². The Balaban J connectivity index is 2.12. The van der Waals surface area contributed by atoms with E-state index in [-0.39, 0.29) is 0 Å². The molecule has 1 heterocycles. The van der Waals surface area contributed by atoms with Gasteiger partial charge in [-0.3, -0.25) is 5.10 Å². The molecule has 0 spiro atoms. The molecule has 4 heteroatoms. The van der Waals surface area contributed by atoms with Crippen LogP contribution in [0.2, 0.25) is 0 Å². The van der Waals surface area contributed by atoms with E-state index in [9.17, 15) is 0 Å². The number of aromatic amines is 1. The second-order valence-corrected chi connectivity index (χ2v) is 4.19. The Kier molecular flexibility index (Phi) is 4.59. The summed E-state index contributed by atoms with van der Waals surface area (Å²) in [6.45, 7) is 7.49. The molecule has 0 fully saturated rings. The molecule has 0 saturated heterocycles. The predicted octanol–water partition coefficient (Wildman–Crippen LogP) is 1.72. The first-order chi connectivity index (χ1) is 6.68. The Morgan fingerprint density at radius 1 is 1.36 bits per heavy atom. The fourth-order valence-corrected chi connectivity index (χ4v) is 1.27. The van der Waals surface area contributed by atoms with Gasteiger partial charge < -0.3 is 5.32 Å². The number of aromatic nitrogens is 3. The molecule has 0 amide bonds. The van der Waals surface area contributed by atoms with Gasteiger partial charge in [0.15, 0.2) is 0 Å². The maximum atomic E-state index is 4.05. The van der Waals surface area contributed by atoms with Crippen molar-refractivity contribution in [1.82, 2.24) is 20.5 Å². The monoisotopic (exact) mass is 196 g/mol. The highest BCUT2D eigenvalue weighted by molar-refractivity contribution is 4.79. The van der Waals surface area contributed by atoms with Gasteiger partial charge in [-0.2, -0.15) is 5.10 Å². The normalized spacial score (nSPS) is 13.4. The van der Waals surface area contributed by atoms with E-state index in [1.807, 2.05) is 0 Å². The summed E-state index contributed by atoms with van der Waals surface area (Å²) in [6.07, 6.45) is 4.02. The highest BCUT2D eigenvalue weighted by atomic mass is 15.2. The lowest BCUT2D eigenvalue weighted by Gasteiger charge is -2.13. The van der Waals surface area contributed by atoms with Crippen LogP contribution >= 0.6 is 0 Å². The Bertz CT molecular complexity index is 230. The van der Waals surface area contributed by atoms with Gasteiger partial charge in [0.1, 0.15) is 12.2 Å². The lowest BCUT2D eigenvalue weighted by molar-refractivity contribution is 0.446. The Morgan fingerprint density at radius 2 is 2.14 bits per heavy atom. The molecule has 14 heavy (non-hydrogen) atoms. The number of hydrogen-bond donors (Lipinski definition) is 2. The molecule has 1 aromatic rings. The van der Waals surface area contributed by atoms with Gasteiger partial charge in [0, 0.05) is 6.04 Å². The average molecular weight is 196 g/mol. The second-order valence-electron chi connectivity index (χ2n) is 4.19. The summed E-state index contributed by atoms with van der Waals surface area (Å²) in [4.78, 5) is 4.05. The third kappa shape index (κ3) is 4.37. The quantitative estimate of drug-likeness (QED) is 0.728. The van der Waals surface area contributed by atoms with Crippen LogP contribution in [0.3, 0.4) is 0 Å². The fraction of sp³-hybridized carbons (Fsp3) is 0.800. The van der Waals surface area contributed by atoms with Crippen molar-refractivity contribution in [2.24, 2.45) is 5.92 Å². The van der Waals surface area contributed by atoms with Crippen molar-refractivity contribution in [3.8, 4) is 0 Å². The van der Waals surface area contributed by atoms with E-state index in [1.54, 1.807) is 0 Å². The number of hydrogen-bond acceptors (Lipinski definition) is 3. The van der Waals surface area contributed by atoms with Crippen LogP contribution in [0.15, 0.2) is 6.33 Å². The van der Waals surface area contributed by atoms with Crippen LogP contribution in [0, 0.1) is 5.92 Å². The van der Waals surface area contributed by atoms with Gasteiger partial charge in [-0.05, 0) is 25.7 Å². The Morgan fingerprint density at radius 3 is 2.71 bits per heavy atom. The SMILES string of the molecule is CC(C)CCC(C)NCc1ncn[nH]1. The van der Waals surface area contributed by atoms with E-state index in [1.165, 1.54) is 19.2 Å². The first kappa shape index (κ1) is 11.2. The van der Waals surface area contributed by atoms with Crippen molar-refractivity contribution in [1.29, 1.82) is 0 Å². The molecule has 1 atom stereocenters. The zero-order chi connectivity index (χ0) is 10.4. The minimum absolute atomic E-state index is 0.544. The summed E-state index contributed by atoms with van der Waals surface area (Å²) in [6, 6.07) is 0.544. The van der Waals surface area contributed by atoms with Crippen LogP contribution in [0.25, 0.3) is 0 Å². The van der Waals surface area contributed by atoms with Crippen molar-refractivity contribution in [3.63, 3.8) is 0 Å². The molecular weight excluding hydrogens is 176 g/mol. The standard InChI is InChI=1S/C10H20N4/c1-8(2)4-5-9(3)11-6-10-12-7-13-14-10/h7-9,11H,4-6H2,1-3H3,(H,12,13,14). The lowest BCUT2D eigenvalue weighted by Crippen LogP contribution is -2.26. The third-order valence-corrected chi connectivity index (χ3v) is 2.26. The van der Waals surface area contributed by atoms with Crippen LogP contribution in [0.1, 0.15) is 39.4 Å².